The summed E-state index contributed by atoms with van der Waals surface area (Å²) >= 11 is 6.09. The number of methoxy groups -OCH3 is 1. The topological polar surface area (TPSA) is 68.9 Å². The van der Waals surface area contributed by atoms with Crippen LogP contribution in [0.4, 0.5) is 5.69 Å². The zero-order valence-electron chi connectivity index (χ0n) is 15.2. The fourth-order valence-electron chi connectivity index (χ4n) is 2.06. The Bertz CT molecular complexity index is 721. The summed E-state index contributed by atoms with van der Waals surface area (Å²) in [5, 5.41) is 3.52. The summed E-state index contributed by atoms with van der Waals surface area (Å²) in [6, 6.07) is 13.2. The van der Waals surface area contributed by atoms with Crippen LogP contribution in [0.15, 0.2) is 47.5 Å². The summed E-state index contributed by atoms with van der Waals surface area (Å²) in [6.07, 6.45) is 0. The maximum Gasteiger partial charge on any atom is 0.193 e. The van der Waals surface area contributed by atoms with Crippen LogP contribution in [0, 0.1) is 5.92 Å². The van der Waals surface area contributed by atoms with Gasteiger partial charge in [-0.15, -0.1) is 24.0 Å². The third kappa shape index (κ3) is 7.29. The number of halogens is 2. The van der Waals surface area contributed by atoms with E-state index < -0.39 is 0 Å². The average Bonchev–Trinajstić information content (AvgIpc) is 2.59. The molecule has 0 bridgehead atoms. The van der Waals surface area contributed by atoms with Crippen LogP contribution in [0.2, 0.25) is 5.02 Å². The first kappa shape index (κ1) is 22.4. The Labute approximate surface area is 177 Å². The molecule has 2 aromatic rings. The zero-order valence-corrected chi connectivity index (χ0v) is 18.2. The molecule has 0 amide bonds. The van der Waals surface area contributed by atoms with E-state index in [9.17, 15) is 0 Å². The Hall–Kier alpha value is -1.67. The number of hydrogen-bond donors (Lipinski definition) is 2. The molecule has 0 fully saturated rings. The van der Waals surface area contributed by atoms with Gasteiger partial charge in [-0.3, -0.25) is 0 Å². The van der Waals surface area contributed by atoms with E-state index in [0.29, 0.717) is 35.8 Å². The van der Waals surface area contributed by atoms with Crippen molar-refractivity contribution in [2.24, 2.45) is 16.6 Å². The molecule has 26 heavy (non-hydrogen) atoms. The van der Waals surface area contributed by atoms with E-state index in [0.717, 1.165) is 17.0 Å². The third-order valence-electron chi connectivity index (χ3n) is 3.36. The minimum absolute atomic E-state index is 0. The highest BCUT2D eigenvalue weighted by Gasteiger charge is 2.03. The minimum Gasteiger partial charge on any atom is -0.495 e. The first-order valence-electron chi connectivity index (χ1n) is 8.10. The lowest BCUT2D eigenvalue weighted by Gasteiger charge is -2.09. The molecule has 2 rings (SSSR count). The third-order valence-corrected chi connectivity index (χ3v) is 3.66. The Morgan fingerprint density at radius 3 is 2.46 bits per heavy atom. The standard InChI is InChI=1S/C19H24ClN3O2.HI/c1-13(2)12-25-16-7-4-14(5-8-16)11-22-19(21)23-15-6-9-18(24-3)17(20)10-15;/h4-10,13H,11-12H2,1-3H3,(H3,21,22,23);1H. The molecule has 0 aliphatic rings. The molecule has 0 aliphatic carbocycles. The quantitative estimate of drug-likeness (QED) is 0.329. The molecule has 0 atom stereocenters. The number of ether oxygens (including phenoxy) is 2. The van der Waals surface area contributed by atoms with Gasteiger partial charge in [0.05, 0.1) is 25.3 Å². The van der Waals surface area contributed by atoms with E-state index in [-0.39, 0.29) is 24.0 Å². The molecular formula is C19H25ClIN3O2. The molecule has 3 N–H and O–H groups in total. The van der Waals surface area contributed by atoms with Crippen LogP contribution in [0.25, 0.3) is 0 Å². The minimum atomic E-state index is 0. The molecule has 0 unspecified atom stereocenters. The van der Waals surface area contributed by atoms with Crippen LogP contribution >= 0.6 is 35.6 Å². The zero-order chi connectivity index (χ0) is 18.2. The molecule has 0 radical (unpaired) electrons. The van der Waals surface area contributed by atoms with Gasteiger partial charge in [-0.25, -0.2) is 4.99 Å². The van der Waals surface area contributed by atoms with Crippen LogP contribution < -0.4 is 20.5 Å². The molecule has 7 heteroatoms. The van der Waals surface area contributed by atoms with Gasteiger partial charge in [-0.05, 0) is 41.8 Å². The summed E-state index contributed by atoms with van der Waals surface area (Å²) in [5.41, 5.74) is 7.73. The first-order valence-corrected chi connectivity index (χ1v) is 8.48. The Kier molecular flexibility index (Phi) is 9.58. The van der Waals surface area contributed by atoms with Crippen molar-refractivity contribution in [3.8, 4) is 11.5 Å². The van der Waals surface area contributed by atoms with Gasteiger partial charge in [0.2, 0.25) is 0 Å². The SMILES string of the molecule is COc1ccc(NC(N)=NCc2ccc(OCC(C)C)cc2)cc1Cl.I. The highest BCUT2D eigenvalue weighted by Crippen LogP contribution is 2.27. The number of benzene rings is 2. The van der Waals surface area contributed by atoms with E-state index in [2.05, 4.69) is 24.2 Å². The fraction of sp³-hybridized carbons (Fsp3) is 0.316. The average molecular weight is 490 g/mol. The first-order chi connectivity index (χ1) is 12.0. The Morgan fingerprint density at radius 2 is 1.88 bits per heavy atom. The van der Waals surface area contributed by atoms with Crippen molar-refractivity contribution in [3.63, 3.8) is 0 Å². The van der Waals surface area contributed by atoms with Crippen molar-refractivity contribution in [2.45, 2.75) is 20.4 Å². The summed E-state index contributed by atoms with van der Waals surface area (Å²) in [7, 11) is 1.57. The normalized spacial score (nSPS) is 11.0. The van der Waals surface area contributed by atoms with E-state index >= 15 is 0 Å². The number of hydrogen-bond acceptors (Lipinski definition) is 3. The van der Waals surface area contributed by atoms with Crippen molar-refractivity contribution in [3.05, 3.63) is 53.1 Å². The lowest BCUT2D eigenvalue weighted by Crippen LogP contribution is -2.22. The van der Waals surface area contributed by atoms with E-state index in [4.69, 9.17) is 26.8 Å². The predicted octanol–water partition coefficient (Wildman–Crippen LogP) is 4.93. The lowest BCUT2D eigenvalue weighted by molar-refractivity contribution is 0.271. The highest BCUT2D eigenvalue weighted by molar-refractivity contribution is 14.0. The van der Waals surface area contributed by atoms with Crippen molar-refractivity contribution in [1.29, 1.82) is 0 Å². The lowest BCUT2D eigenvalue weighted by atomic mass is 10.2. The van der Waals surface area contributed by atoms with Gasteiger partial charge >= 0.3 is 0 Å². The van der Waals surface area contributed by atoms with Gasteiger partial charge in [0, 0.05) is 5.69 Å². The van der Waals surface area contributed by atoms with E-state index in [1.54, 1.807) is 19.2 Å². The molecule has 0 saturated carbocycles. The van der Waals surface area contributed by atoms with Gasteiger partial charge in [0.25, 0.3) is 0 Å². The van der Waals surface area contributed by atoms with Gasteiger partial charge < -0.3 is 20.5 Å². The van der Waals surface area contributed by atoms with Crippen LogP contribution in [0.3, 0.4) is 0 Å². The molecule has 0 saturated heterocycles. The number of nitrogens with zero attached hydrogens (tertiary/aromatic N) is 1. The van der Waals surface area contributed by atoms with Crippen LogP contribution in [0.5, 0.6) is 11.5 Å². The van der Waals surface area contributed by atoms with Crippen molar-refractivity contribution < 1.29 is 9.47 Å². The van der Waals surface area contributed by atoms with E-state index in [1.807, 2.05) is 30.3 Å². The van der Waals surface area contributed by atoms with Crippen molar-refractivity contribution >= 4 is 47.2 Å². The summed E-state index contributed by atoms with van der Waals surface area (Å²) in [4.78, 5) is 4.33. The number of rotatable bonds is 7. The maximum atomic E-state index is 6.09. The highest BCUT2D eigenvalue weighted by atomic mass is 127. The monoisotopic (exact) mass is 489 g/mol. The largest absolute Gasteiger partial charge is 0.495 e. The molecule has 0 aromatic heterocycles. The predicted molar refractivity (Wildman–Crippen MR) is 119 cm³/mol. The molecule has 0 aliphatic heterocycles. The molecule has 0 heterocycles. The Morgan fingerprint density at radius 1 is 1.19 bits per heavy atom. The Balaban J connectivity index is 0.00000338. The second-order valence-electron chi connectivity index (χ2n) is 6.02. The molecule has 5 nitrogen and oxygen atoms in total. The summed E-state index contributed by atoms with van der Waals surface area (Å²) in [6.45, 7) is 5.43. The fourth-order valence-corrected chi connectivity index (χ4v) is 2.32. The number of aliphatic imine (C=N–C) groups is 1. The van der Waals surface area contributed by atoms with Gasteiger partial charge in [0.15, 0.2) is 5.96 Å². The molecule has 2 aromatic carbocycles. The maximum absolute atomic E-state index is 6.09. The molecule has 0 spiro atoms. The second kappa shape index (κ2) is 11.1. The number of anilines is 1. The summed E-state index contributed by atoms with van der Waals surface area (Å²) in [5.74, 6) is 2.30. The van der Waals surface area contributed by atoms with Gasteiger partial charge in [0.1, 0.15) is 11.5 Å². The smallest absolute Gasteiger partial charge is 0.193 e. The number of guanidine groups is 1. The summed E-state index contributed by atoms with van der Waals surface area (Å²) < 4.78 is 10.8. The van der Waals surface area contributed by atoms with Crippen LogP contribution in [-0.4, -0.2) is 19.7 Å². The van der Waals surface area contributed by atoms with Crippen LogP contribution in [-0.2, 0) is 6.54 Å². The number of nitrogens with one attached hydrogen (secondary N) is 1. The van der Waals surface area contributed by atoms with Gasteiger partial charge in [-0.2, -0.15) is 0 Å². The van der Waals surface area contributed by atoms with Crippen molar-refractivity contribution in [2.75, 3.05) is 19.0 Å². The molecule has 142 valence electrons. The number of nitrogens with two attached hydrogens (primary N) is 1. The van der Waals surface area contributed by atoms with E-state index in [1.165, 1.54) is 0 Å². The second-order valence-corrected chi connectivity index (χ2v) is 6.43. The van der Waals surface area contributed by atoms with Gasteiger partial charge in [-0.1, -0.05) is 37.6 Å². The molecular weight excluding hydrogens is 465 g/mol. The van der Waals surface area contributed by atoms with Crippen molar-refractivity contribution in [1.82, 2.24) is 0 Å². The van der Waals surface area contributed by atoms with Crippen LogP contribution in [0.1, 0.15) is 19.4 Å².